The van der Waals surface area contributed by atoms with Crippen molar-refractivity contribution in [3.63, 3.8) is 0 Å². The summed E-state index contributed by atoms with van der Waals surface area (Å²) in [5, 5.41) is 9.70. The van der Waals surface area contributed by atoms with Crippen LogP contribution in [0.4, 0.5) is 0 Å². The SMILES string of the molecule is CCC(=O)N1CCO[C@@H](CN2CCC(O)CC2)[C@@H]1c1ccccc1. The van der Waals surface area contributed by atoms with Gasteiger partial charge in [0.15, 0.2) is 0 Å². The lowest BCUT2D eigenvalue weighted by molar-refractivity contribution is -0.148. The maximum absolute atomic E-state index is 12.5. The van der Waals surface area contributed by atoms with Crippen molar-refractivity contribution in [1.29, 1.82) is 0 Å². The Morgan fingerprint density at radius 1 is 1.21 bits per heavy atom. The molecular weight excluding hydrogens is 304 g/mol. The molecule has 2 atom stereocenters. The Bertz CT molecular complexity index is 529. The molecule has 0 bridgehead atoms. The van der Waals surface area contributed by atoms with Gasteiger partial charge in [0.2, 0.25) is 5.91 Å². The average Bonchev–Trinajstić information content (AvgIpc) is 2.63. The highest BCUT2D eigenvalue weighted by molar-refractivity contribution is 5.76. The second kappa shape index (κ2) is 8.10. The summed E-state index contributed by atoms with van der Waals surface area (Å²) in [5.41, 5.74) is 1.14. The maximum atomic E-state index is 12.5. The van der Waals surface area contributed by atoms with Crippen molar-refractivity contribution < 1.29 is 14.6 Å². The van der Waals surface area contributed by atoms with E-state index in [4.69, 9.17) is 4.74 Å². The number of aliphatic hydroxyl groups excluding tert-OH is 1. The summed E-state index contributed by atoms with van der Waals surface area (Å²) in [4.78, 5) is 16.8. The molecule has 5 heteroatoms. The molecule has 0 unspecified atom stereocenters. The first kappa shape index (κ1) is 17.4. The number of hydrogen-bond donors (Lipinski definition) is 1. The third kappa shape index (κ3) is 3.97. The van der Waals surface area contributed by atoms with Crippen LogP contribution < -0.4 is 0 Å². The lowest BCUT2D eigenvalue weighted by atomic mass is 9.96. The standard InChI is InChI=1S/C19H28N2O3/c1-2-18(23)21-12-13-24-17(14-20-10-8-16(22)9-11-20)19(21)15-6-4-3-5-7-15/h3-7,16-17,19,22H,2,8-14H2,1H3/t17-,19-/m0/s1. The van der Waals surface area contributed by atoms with Gasteiger partial charge in [-0.1, -0.05) is 37.3 Å². The Morgan fingerprint density at radius 2 is 1.92 bits per heavy atom. The number of hydrogen-bond acceptors (Lipinski definition) is 4. The van der Waals surface area contributed by atoms with Crippen molar-refractivity contribution in [3.8, 4) is 0 Å². The number of nitrogens with zero attached hydrogens (tertiary/aromatic N) is 2. The monoisotopic (exact) mass is 332 g/mol. The summed E-state index contributed by atoms with van der Waals surface area (Å²) in [6.07, 6.45) is 1.97. The summed E-state index contributed by atoms with van der Waals surface area (Å²) in [6.45, 7) is 5.76. The minimum atomic E-state index is -0.170. The van der Waals surface area contributed by atoms with Gasteiger partial charge >= 0.3 is 0 Å². The molecule has 1 aromatic rings. The second-order valence-electron chi connectivity index (χ2n) is 6.74. The molecule has 1 amide bonds. The normalized spacial score (nSPS) is 26.5. The number of morpholine rings is 1. The van der Waals surface area contributed by atoms with Crippen LogP contribution in [0.1, 0.15) is 37.8 Å². The van der Waals surface area contributed by atoms with Gasteiger partial charge in [0.1, 0.15) is 0 Å². The van der Waals surface area contributed by atoms with Crippen LogP contribution in [0.2, 0.25) is 0 Å². The van der Waals surface area contributed by atoms with E-state index in [1.165, 1.54) is 0 Å². The van der Waals surface area contributed by atoms with Gasteiger partial charge in [-0.05, 0) is 18.4 Å². The first-order chi connectivity index (χ1) is 11.7. The molecule has 0 radical (unpaired) electrons. The van der Waals surface area contributed by atoms with E-state index in [9.17, 15) is 9.90 Å². The molecule has 2 heterocycles. The Hall–Kier alpha value is -1.43. The number of carbonyl (C=O) groups excluding carboxylic acids is 1. The molecule has 1 aromatic carbocycles. The number of aliphatic hydroxyl groups is 1. The number of likely N-dealkylation sites (tertiary alicyclic amines) is 1. The van der Waals surface area contributed by atoms with Gasteiger partial charge in [-0.3, -0.25) is 4.79 Å². The van der Waals surface area contributed by atoms with E-state index < -0.39 is 0 Å². The molecular formula is C19H28N2O3. The zero-order chi connectivity index (χ0) is 16.9. The molecule has 5 nitrogen and oxygen atoms in total. The highest BCUT2D eigenvalue weighted by Crippen LogP contribution is 2.31. The number of amides is 1. The Balaban J connectivity index is 1.78. The number of ether oxygens (including phenoxy) is 1. The predicted molar refractivity (Wildman–Crippen MR) is 92.6 cm³/mol. The Labute approximate surface area is 144 Å². The summed E-state index contributed by atoms with van der Waals surface area (Å²) in [6, 6.07) is 10.2. The quantitative estimate of drug-likeness (QED) is 0.914. The van der Waals surface area contributed by atoms with Gasteiger partial charge in [-0.2, -0.15) is 0 Å². The van der Waals surface area contributed by atoms with Gasteiger partial charge < -0.3 is 19.6 Å². The molecule has 2 saturated heterocycles. The minimum absolute atomic E-state index is 0.0214. The minimum Gasteiger partial charge on any atom is -0.393 e. The fourth-order valence-electron chi connectivity index (χ4n) is 3.77. The van der Waals surface area contributed by atoms with Gasteiger partial charge in [-0.15, -0.1) is 0 Å². The molecule has 0 saturated carbocycles. The van der Waals surface area contributed by atoms with Crippen molar-refractivity contribution in [2.75, 3.05) is 32.8 Å². The van der Waals surface area contributed by atoms with Crippen molar-refractivity contribution in [2.45, 2.75) is 44.4 Å². The Morgan fingerprint density at radius 3 is 2.58 bits per heavy atom. The predicted octanol–water partition coefficient (Wildman–Crippen LogP) is 1.82. The Kier molecular flexibility index (Phi) is 5.87. The van der Waals surface area contributed by atoms with Gasteiger partial charge in [-0.25, -0.2) is 0 Å². The highest BCUT2D eigenvalue weighted by atomic mass is 16.5. The molecule has 2 fully saturated rings. The van der Waals surface area contributed by atoms with Crippen LogP contribution in [0.5, 0.6) is 0 Å². The molecule has 0 aliphatic carbocycles. The fraction of sp³-hybridized carbons (Fsp3) is 0.632. The molecule has 3 rings (SSSR count). The van der Waals surface area contributed by atoms with Crippen LogP contribution in [-0.4, -0.2) is 65.8 Å². The molecule has 2 aliphatic heterocycles. The van der Waals surface area contributed by atoms with E-state index >= 15 is 0 Å². The van der Waals surface area contributed by atoms with E-state index in [0.29, 0.717) is 19.6 Å². The van der Waals surface area contributed by atoms with Gasteiger partial charge in [0.25, 0.3) is 0 Å². The molecule has 0 spiro atoms. The molecule has 132 valence electrons. The molecule has 2 aliphatic rings. The van der Waals surface area contributed by atoms with Crippen molar-refractivity contribution >= 4 is 5.91 Å². The van der Waals surface area contributed by atoms with Crippen molar-refractivity contribution in [2.24, 2.45) is 0 Å². The maximum Gasteiger partial charge on any atom is 0.222 e. The van der Waals surface area contributed by atoms with Crippen LogP contribution in [0, 0.1) is 0 Å². The van der Waals surface area contributed by atoms with Crippen LogP contribution in [0.15, 0.2) is 30.3 Å². The number of rotatable bonds is 4. The van der Waals surface area contributed by atoms with Crippen molar-refractivity contribution in [3.05, 3.63) is 35.9 Å². The molecule has 0 aromatic heterocycles. The van der Waals surface area contributed by atoms with E-state index in [2.05, 4.69) is 17.0 Å². The van der Waals surface area contributed by atoms with Crippen LogP contribution in [0.3, 0.4) is 0 Å². The summed E-state index contributed by atoms with van der Waals surface area (Å²) >= 11 is 0. The average molecular weight is 332 g/mol. The summed E-state index contributed by atoms with van der Waals surface area (Å²) in [7, 11) is 0. The van der Waals surface area contributed by atoms with Crippen LogP contribution >= 0.6 is 0 Å². The lowest BCUT2D eigenvalue weighted by Crippen LogP contribution is -2.52. The van der Waals surface area contributed by atoms with E-state index in [1.54, 1.807) is 0 Å². The number of benzene rings is 1. The second-order valence-corrected chi connectivity index (χ2v) is 6.74. The summed E-state index contributed by atoms with van der Waals surface area (Å²) in [5.74, 6) is 0.186. The molecule has 1 N–H and O–H groups in total. The van der Waals surface area contributed by atoms with Gasteiger partial charge in [0.05, 0.1) is 24.9 Å². The van der Waals surface area contributed by atoms with E-state index in [1.807, 2.05) is 30.0 Å². The van der Waals surface area contributed by atoms with Gasteiger partial charge in [0, 0.05) is 32.6 Å². The fourth-order valence-corrected chi connectivity index (χ4v) is 3.77. The molecule has 24 heavy (non-hydrogen) atoms. The van der Waals surface area contributed by atoms with E-state index in [-0.39, 0.29) is 24.2 Å². The topological polar surface area (TPSA) is 53.0 Å². The summed E-state index contributed by atoms with van der Waals surface area (Å²) < 4.78 is 6.10. The number of carbonyl (C=O) groups is 1. The van der Waals surface area contributed by atoms with E-state index in [0.717, 1.165) is 38.0 Å². The zero-order valence-corrected chi connectivity index (χ0v) is 14.4. The zero-order valence-electron chi connectivity index (χ0n) is 14.4. The number of piperidine rings is 1. The largest absolute Gasteiger partial charge is 0.393 e. The first-order valence-corrected chi connectivity index (χ1v) is 9.05. The highest BCUT2D eigenvalue weighted by Gasteiger charge is 2.37. The lowest BCUT2D eigenvalue weighted by Gasteiger charge is -2.44. The first-order valence-electron chi connectivity index (χ1n) is 9.05. The van der Waals surface area contributed by atoms with Crippen LogP contribution in [-0.2, 0) is 9.53 Å². The third-order valence-corrected chi connectivity index (χ3v) is 5.11. The van der Waals surface area contributed by atoms with Crippen molar-refractivity contribution in [1.82, 2.24) is 9.80 Å². The smallest absolute Gasteiger partial charge is 0.222 e. The van der Waals surface area contributed by atoms with Crippen LogP contribution in [0.25, 0.3) is 0 Å². The third-order valence-electron chi connectivity index (χ3n) is 5.11.